The lowest BCUT2D eigenvalue weighted by Crippen LogP contribution is -2.14. The van der Waals surface area contributed by atoms with Crippen LogP contribution in [0.4, 0.5) is 5.13 Å². The van der Waals surface area contributed by atoms with Gasteiger partial charge >= 0.3 is 0 Å². The Labute approximate surface area is 122 Å². The summed E-state index contributed by atoms with van der Waals surface area (Å²) < 4.78 is 0. The Morgan fingerprint density at radius 1 is 1.35 bits per heavy atom. The third kappa shape index (κ3) is 2.58. The minimum absolute atomic E-state index is 0.0702. The van der Waals surface area contributed by atoms with Crippen molar-refractivity contribution in [3.63, 3.8) is 0 Å². The lowest BCUT2D eigenvalue weighted by molar-refractivity contribution is -0.117. The van der Waals surface area contributed by atoms with Gasteiger partial charge in [-0.2, -0.15) is 0 Å². The average molecular weight is 287 g/mol. The molecule has 1 aliphatic carbocycles. The zero-order valence-corrected chi connectivity index (χ0v) is 12.6. The monoisotopic (exact) mass is 287 g/mol. The first-order valence-electron chi connectivity index (χ1n) is 6.76. The number of aryl methyl sites for hydroxylation is 2. The topological polar surface area (TPSA) is 54.9 Å². The number of nitrogens with zero attached hydrogens (tertiary/aromatic N) is 2. The van der Waals surface area contributed by atoms with Crippen LogP contribution in [0.2, 0.25) is 0 Å². The summed E-state index contributed by atoms with van der Waals surface area (Å²) in [6.45, 7) is 6.22. The molecule has 1 fully saturated rings. The molecule has 3 rings (SSSR count). The summed E-state index contributed by atoms with van der Waals surface area (Å²) in [6, 6.07) is 6.24. The molecule has 1 aromatic carbocycles. The summed E-state index contributed by atoms with van der Waals surface area (Å²) in [5.74, 6) is 0.728. The number of hydrogen-bond donors (Lipinski definition) is 1. The molecule has 1 amide bonds. The Hall–Kier alpha value is -1.75. The average Bonchev–Trinajstić information content (AvgIpc) is 2.95. The van der Waals surface area contributed by atoms with Gasteiger partial charge in [0, 0.05) is 11.5 Å². The van der Waals surface area contributed by atoms with E-state index in [9.17, 15) is 4.79 Å². The molecule has 1 N–H and O–H groups in total. The maximum Gasteiger partial charge on any atom is 0.229 e. The number of hydrogen-bond acceptors (Lipinski definition) is 4. The van der Waals surface area contributed by atoms with Crippen molar-refractivity contribution in [2.24, 2.45) is 11.8 Å². The molecule has 0 bridgehead atoms. The van der Waals surface area contributed by atoms with E-state index in [1.54, 1.807) is 0 Å². The summed E-state index contributed by atoms with van der Waals surface area (Å²) in [5.41, 5.74) is 3.48. The van der Waals surface area contributed by atoms with Gasteiger partial charge in [0.05, 0.1) is 0 Å². The van der Waals surface area contributed by atoms with Crippen molar-refractivity contribution in [3.8, 4) is 10.6 Å². The molecule has 0 unspecified atom stereocenters. The Bertz CT molecular complexity index is 665. The summed E-state index contributed by atoms with van der Waals surface area (Å²) in [6.07, 6.45) is 0.981. The van der Waals surface area contributed by atoms with Gasteiger partial charge in [0.2, 0.25) is 11.0 Å². The van der Waals surface area contributed by atoms with E-state index >= 15 is 0 Å². The highest BCUT2D eigenvalue weighted by Crippen LogP contribution is 2.39. The van der Waals surface area contributed by atoms with E-state index in [1.165, 1.54) is 22.5 Å². The second-order valence-electron chi connectivity index (χ2n) is 5.54. The standard InChI is InChI=1S/C15H17N3OS/c1-8-4-5-11(9(2)6-8)14-17-18-15(20-14)16-13(19)12-7-10(12)3/h4-6,10,12H,7H2,1-3H3,(H,16,18,19)/t10-,12+/m1/s1. The fraction of sp³-hybridized carbons (Fsp3) is 0.400. The fourth-order valence-corrected chi connectivity index (χ4v) is 3.16. The van der Waals surface area contributed by atoms with E-state index in [2.05, 4.69) is 54.5 Å². The minimum atomic E-state index is 0.0702. The van der Waals surface area contributed by atoms with Crippen LogP contribution in [-0.4, -0.2) is 16.1 Å². The number of nitrogens with one attached hydrogen (secondary N) is 1. The highest BCUT2D eigenvalue weighted by molar-refractivity contribution is 7.18. The number of benzene rings is 1. The largest absolute Gasteiger partial charge is 0.300 e. The molecule has 0 radical (unpaired) electrons. The molecule has 1 aliphatic rings. The number of carbonyl (C=O) groups is 1. The third-order valence-electron chi connectivity index (χ3n) is 3.71. The Morgan fingerprint density at radius 3 is 2.75 bits per heavy atom. The normalized spacial score (nSPS) is 20.8. The van der Waals surface area contributed by atoms with E-state index < -0.39 is 0 Å². The molecular formula is C15H17N3OS. The van der Waals surface area contributed by atoms with Crippen molar-refractivity contribution in [3.05, 3.63) is 29.3 Å². The number of rotatable bonds is 3. The van der Waals surface area contributed by atoms with Crippen molar-refractivity contribution in [2.75, 3.05) is 5.32 Å². The smallest absolute Gasteiger partial charge is 0.229 e. The molecule has 1 heterocycles. The second-order valence-corrected chi connectivity index (χ2v) is 6.52. The zero-order chi connectivity index (χ0) is 14.3. The van der Waals surface area contributed by atoms with Gasteiger partial charge in [-0.05, 0) is 31.7 Å². The third-order valence-corrected chi connectivity index (χ3v) is 4.59. The lowest BCUT2D eigenvalue weighted by atomic mass is 10.1. The SMILES string of the molecule is Cc1ccc(-c2nnc(NC(=O)[C@H]3C[C@H]3C)s2)c(C)c1. The second kappa shape index (κ2) is 4.98. The first kappa shape index (κ1) is 13.2. The highest BCUT2D eigenvalue weighted by Gasteiger charge is 2.39. The quantitative estimate of drug-likeness (QED) is 0.941. The molecule has 2 atom stereocenters. The van der Waals surface area contributed by atoms with Crippen LogP contribution in [0.25, 0.3) is 10.6 Å². The molecule has 1 saturated carbocycles. The predicted molar refractivity (Wildman–Crippen MR) is 80.7 cm³/mol. The van der Waals surface area contributed by atoms with E-state index in [0.717, 1.165) is 17.0 Å². The highest BCUT2D eigenvalue weighted by atomic mass is 32.1. The maximum absolute atomic E-state index is 11.9. The van der Waals surface area contributed by atoms with Crippen molar-refractivity contribution in [1.82, 2.24) is 10.2 Å². The van der Waals surface area contributed by atoms with Gasteiger partial charge in [-0.25, -0.2) is 0 Å². The van der Waals surface area contributed by atoms with E-state index in [1.807, 2.05) is 0 Å². The number of amides is 1. The Balaban J connectivity index is 1.78. The number of anilines is 1. The number of aromatic nitrogens is 2. The van der Waals surface area contributed by atoms with Crippen LogP contribution in [0, 0.1) is 25.7 Å². The van der Waals surface area contributed by atoms with Crippen LogP contribution < -0.4 is 5.32 Å². The summed E-state index contributed by atoms with van der Waals surface area (Å²) >= 11 is 1.43. The van der Waals surface area contributed by atoms with E-state index in [4.69, 9.17) is 0 Å². The van der Waals surface area contributed by atoms with Crippen LogP contribution in [0.5, 0.6) is 0 Å². The number of carbonyl (C=O) groups excluding carboxylic acids is 1. The first-order valence-corrected chi connectivity index (χ1v) is 7.58. The molecular weight excluding hydrogens is 270 g/mol. The van der Waals surface area contributed by atoms with Crippen LogP contribution in [0.15, 0.2) is 18.2 Å². The van der Waals surface area contributed by atoms with E-state index in [0.29, 0.717) is 11.0 Å². The van der Waals surface area contributed by atoms with Gasteiger partial charge < -0.3 is 5.32 Å². The van der Waals surface area contributed by atoms with Crippen molar-refractivity contribution < 1.29 is 4.79 Å². The lowest BCUT2D eigenvalue weighted by Gasteiger charge is -2.02. The summed E-state index contributed by atoms with van der Waals surface area (Å²) in [7, 11) is 0. The molecule has 0 aliphatic heterocycles. The van der Waals surface area contributed by atoms with Crippen LogP contribution in [-0.2, 0) is 4.79 Å². The molecule has 104 valence electrons. The molecule has 2 aromatic rings. The van der Waals surface area contributed by atoms with Crippen LogP contribution in [0.1, 0.15) is 24.5 Å². The maximum atomic E-state index is 11.9. The van der Waals surface area contributed by atoms with Crippen LogP contribution in [0.3, 0.4) is 0 Å². The first-order chi connectivity index (χ1) is 9.54. The zero-order valence-electron chi connectivity index (χ0n) is 11.8. The fourth-order valence-electron chi connectivity index (χ4n) is 2.32. The van der Waals surface area contributed by atoms with Crippen LogP contribution >= 0.6 is 11.3 Å². The van der Waals surface area contributed by atoms with Gasteiger partial charge in [-0.15, -0.1) is 10.2 Å². The van der Waals surface area contributed by atoms with Gasteiger partial charge in [0.25, 0.3) is 0 Å². The van der Waals surface area contributed by atoms with E-state index in [-0.39, 0.29) is 11.8 Å². The molecule has 20 heavy (non-hydrogen) atoms. The van der Waals surface area contributed by atoms with Crippen molar-refractivity contribution in [2.45, 2.75) is 27.2 Å². The van der Waals surface area contributed by atoms with Gasteiger partial charge in [-0.3, -0.25) is 4.79 Å². The van der Waals surface area contributed by atoms with Gasteiger partial charge in [0.15, 0.2) is 0 Å². The molecule has 0 saturated heterocycles. The molecule has 5 heteroatoms. The Morgan fingerprint density at radius 2 is 2.10 bits per heavy atom. The van der Waals surface area contributed by atoms with Gasteiger partial charge in [0.1, 0.15) is 5.01 Å². The van der Waals surface area contributed by atoms with Crippen molar-refractivity contribution >= 4 is 22.4 Å². The molecule has 1 aromatic heterocycles. The predicted octanol–water partition coefficient (Wildman–Crippen LogP) is 3.42. The van der Waals surface area contributed by atoms with Crippen molar-refractivity contribution in [1.29, 1.82) is 0 Å². The Kier molecular flexibility index (Phi) is 3.30. The minimum Gasteiger partial charge on any atom is -0.300 e. The molecule has 4 nitrogen and oxygen atoms in total. The summed E-state index contributed by atoms with van der Waals surface area (Å²) in [4.78, 5) is 11.9. The summed E-state index contributed by atoms with van der Waals surface area (Å²) in [5, 5.41) is 12.5. The molecule has 0 spiro atoms. The van der Waals surface area contributed by atoms with Gasteiger partial charge in [-0.1, -0.05) is 42.0 Å².